The van der Waals surface area contributed by atoms with Crippen LogP contribution in [0, 0.1) is 5.92 Å². The first-order valence-corrected chi connectivity index (χ1v) is 5.99. The van der Waals surface area contributed by atoms with E-state index in [2.05, 4.69) is 5.32 Å². The van der Waals surface area contributed by atoms with E-state index in [0.29, 0.717) is 5.56 Å². The van der Waals surface area contributed by atoms with Crippen LogP contribution in [-0.4, -0.2) is 25.5 Å². The van der Waals surface area contributed by atoms with E-state index in [4.69, 9.17) is 11.5 Å². The zero-order valence-corrected chi connectivity index (χ0v) is 10.1. The highest BCUT2D eigenvalue weighted by molar-refractivity contribution is 5.92. The molecule has 1 amide bonds. The van der Waals surface area contributed by atoms with Crippen molar-refractivity contribution in [2.45, 2.75) is 12.8 Å². The van der Waals surface area contributed by atoms with Crippen LogP contribution >= 0.6 is 0 Å². The number of nitrogens with one attached hydrogen (secondary N) is 1. The summed E-state index contributed by atoms with van der Waals surface area (Å²) >= 11 is 0. The molecule has 0 aromatic heterocycles. The molecule has 1 aliphatic heterocycles. The molecule has 0 saturated carbocycles. The highest BCUT2D eigenvalue weighted by Crippen LogP contribution is 2.07. The molecule has 0 bridgehead atoms. The maximum absolute atomic E-state index is 10.4. The van der Waals surface area contributed by atoms with Gasteiger partial charge in [0.2, 0.25) is 5.91 Å². The van der Waals surface area contributed by atoms with Gasteiger partial charge >= 0.3 is 0 Å². The second-order valence-electron chi connectivity index (χ2n) is 4.16. The summed E-state index contributed by atoms with van der Waals surface area (Å²) in [5, 5.41) is 3.29. The molecule has 0 unspecified atom stereocenters. The van der Waals surface area contributed by atoms with E-state index in [-0.39, 0.29) is 5.91 Å². The first kappa shape index (κ1) is 13.7. The summed E-state index contributed by atoms with van der Waals surface area (Å²) in [6.45, 7) is 3.21. The number of primary amides is 1. The predicted molar refractivity (Wildman–Crippen MR) is 69.6 cm³/mol. The molecule has 0 radical (unpaired) electrons. The van der Waals surface area contributed by atoms with Crippen LogP contribution in [0.1, 0.15) is 23.2 Å². The van der Waals surface area contributed by atoms with Gasteiger partial charge in [0.25, 0.3) is 0 Å². The predicted octanol–water partition coefficient (Wildman–Crippen LogP) is 0.730. The largest absolute Gasteiger partial charge is 0.366 e. The topological polar surface area (TPSA) is 81.1 Å². The number of rotatable bonds is 2. The molecular weight excluding hydrogens is 214 g/mol. The summed E-state index contributed by atoms with van der Waals surface area (Å²) in [5.41, 5.74) is 11.0. The van der Waals surface area contributed by atoms with Gasteiger partial charge in [0.1, 0.15) is 0 Å². The van der Waals surface area contributed by atoms with E-state index in [9.17, 15) is 4.79 Å². The second-order valence-corrected chi connectivity index (χ2v) is 4.16. The quantitative estimate of drug-likeness (QED) is 0.707. The summed E-state index contributed by atoms with van der Waals surface area (Å²) in [7, 11) is 0. The van der Waals surface area contributed by atoms with Crippen LogP contribution in [0.3, 0.4) is 0 Å². The van der Waals surface area contributed by atoms with Crippen LogP contribution in [0.5, 0.6) is 0 Å². The molecule has 4 heteroatoms. The number of hydrogen-bond acceptors (Lipinski definition) is 3. The van der Waals surface area contributed by atoms with E-state index in [1.54, 1.807) is 24.3 Å². The molecule has 1 aromatic carbocycles. The molecule has 5 N–H and O–H groups in total. The number of nitrogens with two attached hydrogens (primary N) is 2. The fourth-order valence-electron chi connectivity index (χ4n) is 1.72. The van der Waals surface area contributed by atoms with Gasteiger partial charge in [0, 0.05) is 5.56 Å². The molecular formula is C13H21N3O. The number of benzene rings is 1. The smallest absolute Gasteiger partial charge is 0.248 e. The van der Waals surface area contributed by atoms with E-state index in [0.717, 1.165) is 12.5 Å². The number of amides is 1. The molecule has 1 saturated heterocycles. The third-order valence-corrected chi connectivity index (χ3v) is 2.85. The van der Waals surface area contributed by atoms with Gasteiger partial charge in [-0.1, -0.05) is 18.2 Å². The van der Waals surface area contributed by atoms with Crippen LogP contribution < -0.4 is 16.8 Å². The zero-order valence-electron chi connectivity index (χ0n) is 10.1. The molecule has 17 heavy (non-hydrogen) atoms. The lowest BCUT2D eigenvalue weighted by Gasteiger charge is -2.20. The summed E-state index contributed by atoms with van der Waals surface area (Å²) in [6, 6.07) is 8.76. The number of carbonyl (C=O) groups is 1. The van der Waals surface area contributed by atoms with Crippen molar-refractivity contribution >= 4 is 5.91 Å². The summed E-state index contributed by atoms with van der Waals surface area (Å²) < 4.78 is 0. The van der Waals surface area contributed by atoms with Gasteiger partial charge in [0.15, 0.2) is 0 Å². The van der Waals surface area contributed by atoms with Gasteiger partial charge in [-0.2, -0.15) is 0 Å². The summed E-state index contributed by atoms with van der Waals surface area (Å²) in [4.78, 5) is 10.4. The van der Waals surface area contributed by atoms with Gasteiger partial charge < -0.3 is 16.8 Å². The second kappa shape index (κ2) is 7.81. The van der Waals surface area contributed by atoms with Crippen molar-refractivity contribution in [3.05, 3.63) is 35.9 Å². The Hall–Kier alpha value is -1.39. The lowest BCUT2D eigenvalue weighted by Crippen LogP contribution is -2.31. The highest BCUT2D eigenvalue weighted by atomic mass is 16.1. The Labute approximate surface area is 102 Å². The van der Waals surface area contributed by atoms with Gasteiger partial charge in [-0.05, 0) is 50.5 Å². The molecule has 1 aliphatic rings. The fraction of sp³-hybridized carbons (Fsp3) is 0.462. The Bertz CT molecular complexity index is 321. The molecule has 2 rings (SSSR count). The van der Waals surface area contributed by atoms with Crippen molar-refractivity contribution in [3.63, 3.8) is 0 Å². The van der Waals surface area contributed by atoms with Crippen LogP contribution in [-0.2, 0) is 0 Å². The minimum absolute atomic E-state index is 0.379. The molecule has 0 atom stereocenters. The first-order valence-electron chi connectivity index (χ1n) is 5.99. The van der Waals surface area contributed by atoms with Crippen molar-refractivity contribution in [1.82, 2.24) is 5.32 Å². The Morgan fingerprint density at radius 2 is 1.82 bits per heavy atom. The Morgan fingerprint density at radius 1 is 1.24 bits per heavy atom. The third kappa shape index (κ3) is 5.47. The van der Waals surface area contributed by atoms with Gasteiger partial charge in [-0.3, -0.25) is 4.79 Å². The Morgan fingerprint density at radius 3 is 2.18 bits per heavy atom. The third-order valence-electron chi connectivity index (χ3n) is 2.85. The molecule has 1 aromatic rings. The van der Waals surface area contributed by atoms with Gasteiger partial charge in [-0.25, -0.2) is 0 Å². The minimum Gasteiger partial charge on any atom is -0.366 e. The standard InChI is InChI=1S/C7H7NO.C6H14N2/c8-7(9)6-4-2-1-3-5-6;7-5-6-1-3-8-4-2-6/h1-5H,(H2,8,9);6,8H,1-5,7H2. The molecule has 0 aliphatic carbocycles. The summed E-state index contributed by atoms with van der Waals surface area (Å²) in [5.74, 6) is 0.423. The van der Waals surface area contributed by atoms with E-state index in [1.165, 1.54) is 25.9 Å². The van der Waals surface area contributed by atoms with Gasteiger partial charge in [0.05, 0.1) is 0 Å². The molecule has 1 heterocycles. The molecule has 0 spiro atoms. The van der Waals surface area contributed by atoms with Gasteiger partial charge in [-0.15, -0.1) is 0 Å². The zero-order chi connectivity index (χ0) is 12.5. The van der Waals surface area contributed by atoms with Crippen molar-refractivity contribution in [1.29, 1.82) is 0 Å². The summed E-state index contributed by atoms with van der Waals surface area (Å²) in [6.07, 6.45) is 2.55. The van der Waals surface area contributed by atoms with E-state index in [1.807, 2.05) is 6.07 Å². The molecule has 4 nitrogen and oxygen atoms in total. The van der Waals surface area contributed by atoms with Crippen LogP contribution in [0.15, 0.2) is 30.3 Å². The average Bonchev–Trinajstić information content (AvgIpc) is 2.41. The number of piperidine rings is 1. The lowest BCUT2D eigenvalue weighted by molar-refractivity contribution is 0.100. The van der Waals surface area contributed by atoms with Crippen LogP contribution in [0.2, 0.25) is 0 Å². The molecule has 94 valence electrons. The Kier molecular flexibility index (Phi) is 6.29. The van der Waals surface area contributed by atoms with Crippen LogP contribution in [0.25, 0.3) is 0 Å². The number of hydrogen-bond donors (Lipinski definition) is 3. The van der Waals surface area contributed by atoms with E-state index < -0.39 is 0 Å². The van der Waals surface area contributed by atoms with Crippen molar-refractivity contribution in [2.24, 2.45) is 17.4 Å². The monoisotopic (exact) mass is 235 g/mol. The minimum atomic E-state index is -0.379. The number of carbonyl (C=O) groups excluding carboxylic acids is 1. The van der Waals surface area contributed by atoms with Crippen molar-refractivity contribution < 1.29 is 4.79 Å². The van der Waals surface area contributed by atoms with E-state index >= 15 is 0 Å². The first-order chi connectivity index (χ1) is 8.24. The Balaban J connectivity index is 0.000000171. The average molecular weight is 235 g/mol. The normalized spacial score (nSPS) is 15.8. The van der Waals surface area contributed by atoms with Crippen molar-refractivity contribution in [2.75, 3.05) is 19.6 Å². The maximum Gasteiger partial charge on any atom is 0.248 e. The maximum atomic E-state index is 10.4. The van der Waals surface area contributed by atoms with Crippen LogP contribution in [0.4, 0.5) is 0 Å². The lowest BCUT2D eigenvalue weighted by atomic mass is 9.99. The fourth-order valence-corrected chi connectivity index (χ4v) is 1.72. The highest BCUT2D eigenvalue weighted by Gasteiger charge is 2.09. The molecule has 1 fully saturated rings. The van der Waals surface area contributed by atoms with Crippen molar-refractivity contribution in [3.8, 4) is 0 Å². The SMILES string of the molecule is NC(=O)c1ccccc1.NCC1CCNCC1.